The summed E-state index contributed by atoms with van der Waals surface area (Å²) >= 11 is 0. The SMILES string of the molecule is COC(=O)C(CN)(CCCC(F)(F)F)c1ccccc1. The molecule has 0 aliphatic heterocycles. The van der Waals surface area contributed by atoms with Gasteiger partial charge in [-0.15, -0.1) is 0 Å². The molecule has 0 saturated heterocycles. The minimum absolute atomic E-state index is 0.000301. The van der Waals surface area contributed by atoms with Gasteiger partial charge >= 0.3 is 12.1 Å². The van der Waals surface area contributed by atoms with E-state index < -0.39 is 24.0 Å². The van der Waals surface area contributed by atoms with Crippen LogP contribution >= 0.6 is 0 Å². The zero-order valence-electron chi connectivity index (χ0n) is 11.2. The van der Waals surface area contributed by atoms with Crippen molar-refractivity contribution >= 4 is 5.97 Å². The molecule has 1 atom stereocenters. The van der Waals surface area contributed by atoms with Crippen LogP contribution in [0, 0.1) is 0 Å². The Hall–Kier alpha value is -1.56. The number of hydrogen-bond acceptors (Lipinski definition) is 3. The maximum atomic E-state index is 12.3. The second kappa shape index (κ2) is 6.74. The molecule has 1 aromatic carbocycles. The molecule has 0 aliphatic rings. The van der Waals surface area contributed by atoms with Crippen LogP contribution < -0.4 is 5.73 Å². The summed E-state index contributed by atoms with van der Waals surface area (Å²) in [7, 11) is 1.21. The highest BCUT2D eigenvalue weighted by Crippen LogP contribution is 2.33. The van der Waals surface area contributed by atoms with Crippen molar-refractivity contribution in [3.8, 4) is 0 Å². The Morgan fingerprint density at radius 3 is 2.25 bits per heavy atom. The zero-order chi connectivity index (χ0) is 15.2. The number of nitrogens with two attached hydrogens (primary N) is 1. The van der Waals surface area contributed by atoms with Crippen LogP contribution in [0.2, 0.25) is 0 Å². The van der Waals surface area contributed by atoms with Crippen LogP contribution in [0.25, 0.3) is 0 Å². The molecule has 112 valence electrons. The molecule has 2 N–H and O–H groups in total. The number of carbonyl (C=O) groups is 1. The van der Waals surface area contributed by atoms with Gasteiger partial charge in [-0.25, -0.2) is 0 Å². The summed E-state index contributed by atoms with van der Waals surface area (Å²) in [6.45, 7) is -0.0957. The molecule has 0 aromatic heterocycles. The van der Waals surface area contributed by atoms with Crippen LogP contribution in [0.15, 0.2) is 30.3 Å². The molecule has 0 spiro atoms. The summed E-state index contributed by atoms with van der Waals surface area (Å²) in [6, 6.07) is 8.55. The number of benzene rings is 1. The molecule has 0 aliphatic carbocycles. The van der Waals surface area contributed by atoms with Gasteiger partial charge in [0, 0.05) is 13.0 Å². The molecule has 1 unspecified atom stereocenters. The van der Waals surface area contributed by atoms with Gasteiger partial charge in [-0.1, -0.05) is 30.3 Å². The van der Waals surface area contributed by atoms with E-state index in [1.54, 1.807) is 30.3 Å². The standard InChI is InChI=1S/C14H18F3NO2/c1-20-12(19)13(10-18,8-5-9-14(15,16)17)11-6-3-2-4-7-11/h2-4,6-7H,5,8-10,18H2,1H3. The minimum Gasteiger partial charge on any atom is -0.468 e. The maximum Gasteiger partial charge on any atom is 0.389 e. The Kier molecular flexibility index (Phi) is 5.56. The summed E-state index contributed by atoms with van der Waals surface area (Å²) in [5.41, 5.74) is 5.04. The Labute approximate surface area is 115 Å². The van der Waals surface area contributed by atoms with E-state index >= 15 is 0 Å². The van der Waals surface area contributed by atoms with Gasteiger partial charge in [0.25, 0.3) is 0 Å². The van der Waals surface area contributed by atoms with E-state index in [9.17, 15) is 18.0 Å². The van der Waals surface area contributed by atoms with Gasteiger partial charge in [0.1, 0.15) is 5.41 Å². The first-order valence-corrected chi connectivity index (χ1v) is 6.26. The van der Waals surface area contributed by atoms with E-state index in [4.69, 9.17) is 10.5 Å². The number of methoxy groups -OCH3 is 1. The number of alkyl halides is 3. The third-order valence-corrected chi connectivity index (χ3v) is 3.31. The minimum atomic E-state index is -4.24. The van der Waals surface area contributed by atoms with Gasteiger partial charge in [0.15, 0.2) is 0 Å². The molecule has 0 radical (unpaired) electrons. The lowest BCUT2D eigenvalue weighted by molar-refractivity contribution is -0.150. The van der Waals surface area contributed by atoms with Gasteiger partial charge in [-0.05, 0) is 18.4 Å². The van der Waals surface area contributed by atoms with Crippen molar-refractivity contribution in [2.75, 3.05) is 13.7 Å². The highest BCUT2D eigenvalue weighted by molar-refractivity contribution is 5.83. The topological polar surface area (TPSA) is 52.3 Å². The Morgan fingerprint density at radius 2 is 1.80 bits per heavy atom. The average Bonchev–Trinajstić information content (AvgIpc) is 2.43. The number of rotatable bonds is 6. The number of esters is 1. The normalized spacial score (nSPS) is 14.7. The lowest BCUT2D eigenvalue weighted by atomic mass is 9.76. The predicted molar refractivity (Wildman–Crippen MR) is 69.1 cm³/mol. The van der Waals surface area contributed by atoms with Crippen LogP contribution in [-0.4, -0.2) is 25.8 Å². The zero-order valence-corrected chi connectivity index (χ0v) is 11.2. The van der Waals surface area contributed by atoms with Gasteiger partial charge in [0.05, 0.1) is 7.11 Å². The summed E-state index contributed by atoms with van der Waals surface area (Å²) < 4.78 is 41.6. The summed E-state index contributed by atoms with van der Waals surface area (Å²) in [5, 5.41) is 0. The molecule has 3 nitrogen and oxygen atoms in total. The quantitative estimate of drug-likeness (QED) is 0.819. The second-order valence-corrected chi connectivity index (χ2v) is 4.61. The highest BCUT2D eigenvalue weighted by atomic mass is 19.4. The lowest BCUT2D eigenvalue weighted by Crippen LogP contribution is -2.44. The first-order chi connectivity index (χ1) is 9.35. The van der Waals surface area contributed by atoms with E-state index in [0.717, 1.165) is 0 Å². The maximum absolute atomic E-state index is 12.3. The molecule has 1 rings (SSSR count). The molecular formula is C14H18F3NO2. The number of ether oxygens (including phenoxy) is 1. The van der Waals surface area contributed by atoms with E-state index in [0.29, 0.717) is 5.56 Å². The third-order valence-electron chi connectivity index (χ3n) is 3.31. The fraction of sp³-hybridized carbons (Fsp3) is 0.500. The molecule has 0 saturated carbocycles. The van der Waals surface area contributed by atoms with Crippen LogP contribution in [-0.2, 0) is 14.9 Å². The van der Waals surface area contributed by atoms with Crippen LogP contribution in [0.1, 0.15) is 24.8 Å². The summed E-state index contributed by atoms with van der Waals surface area (Å²) in [6.07, 6.45) is -5.36. The van der Waals surface area contributed by atoms with Crippen molar-refractivity contribution in [1.82, 2.24) is 0 Å². The predicted octanol–water partition coefficient (Wildman–Crippen LogP) is 2.79. The first kappa shape index (κ1) is 16.5. The van der Waals surface area contributed by atoms with Crippen LogP contribution in [0.5, 0.6) is 0 Å². The number of hydrogen-bond donors (Lipinski definition) is 1. The van der Waals surface area contributed by atoms with Gasteiger partial charge in [-0.3, -0.25) is 4.79 Å². The van der Waals surface area contributed by atoms with Crippen LogP contribution in [0.4, 0.5) is 13.2 Å². The molecule has 0 heterocycles. The summed E-state index contributed by atoms with van der Waals surface area (Å²) in [4.78, 5) is 12.0. The van der Waals surface area contributed by atoms with Crippen molar-refractivity contribution < 1.29 is 22.7 Å². The largest absolute Gasteiger partial charge is 0.468 e. The van der Waals surface area contributed by atoms with Gasteiger partial charge < -0.3 is 10.5 Å². The fourth-order valence-corrected chi connectivity index (χ4v) is 2.21. The van der Waals surface area contributed by atoms with E-state index in [-0.39, 0.29) is 19.4 Å². The number of halogens is 3. The average molecular weight is 289 g/mol. The second-order valence-electron chi connectivity index (χ2n) is 4.61. The Bertz CT molecular complexity index is 434. The smallest absolute Gasteiger partial charge is 0.389 e. The highest BCUT2D eigenvalue weighted by Gasteiger charge is 2.40. The molecule has 20 heavy (non-hydrogen) atoms. The third kappa shape index (κ3) is 3.96. The summed E-state index contributed by atoms with van der Waals surface area (Å²) in [5.74, 6) is -0.603. The van der Waals surface area contributed by atoms with E-state index in [1.165, 1.54) is 7.11 Å². The van der Waals surface area contributed by atoms with Crippen molar-refractivity contribution in [2.24, 2.45) is 5.73 Å². The molecule has 6 heteroatoms. The number of carbonyl (C=O) groups excluding carboxylic acids is 1. The van der Waals surface area contributed by atoms with E-state index in [1.807, 2.05) is 0 Å². The van der Waals surface area contributed by atoms with Crippen molar-refractivity contribution in [3.05, 3.63) is 35.9 Å². The lowest BCUT2D eigenvalue weighted by Gasteiger charge is -2.30. The van der Waals surface area contributed by atoms with Crippen molar-refractivity contribution in [1.29, 1.82) is 0 Å². The van der Waals surface area contributed by atoms with Crippen molar-refractivity contribution in [3.63, 3.8) is 0 Å². The van der Waals surface area contributed by atoms with Crippen LogP contribution in [0.3, 0.4) is 0 Å². The molecule has 0 amide bonds. The fourth-order valence-electron chi connectivity index (χ4n) is 2.21. The Balaban J connectivity index is 2.98. The Morgan fingerprint density at radius 1 is 1.20 bits per heavy atom. The first-order valence-electron chi connectivity index (χ1n) is 6.26. The molecule has 0 bridgehead atoms. The molecule has 0 fully saturated rings. The molecule has 1 aromatic rings. The van der Waals surface area contributed by atoms with Gasteiger partial charge in [-0.2, -0.15) is 13.2 Å². The van der Waals surface area contributed by atoms with Crippen molar-refractivity contribution in [2.45, 2.75) is 30.9 Å². The van der Waals surface area contributed by atoms with Gasteiger partial charge in [0.2, 0.25) is 0 Å². The molecular weight excluding hydrogens is 271 g/mol. The monoisotopic (exact) mass is 289 g/mol. The van der Waals surface area contributed by atoms with E-state index in [2.05, 4.69) is 0 Å².